The SMILES string of the molecule is CCOC(=O)c1cc2cc(S(=O)(=O)N(CCc3ccccc3)c3ccccc3N3CCN(C(=O)c4sccc4Br)C(C)C3)ccc2o1. The number of esters is 1. The first-order valence-corrected chi connectivity index (χ1v) is 18.4. The summed E-state index contributed by atoms with van der Waals surface area (Å²) in [7, 11) is -4.09. The summed E-state index contributed by atoms with van der Waals surface area (Å²) in [4.78, 5) is 30.4. The Morgan fingerprint density at radius 1 is 1.02 bits per heavy atom. The Bertz CT molecular complexity index is 2010. The second kappa shape index (κ2) is 13.9. The number of piperazine rings is 1. The third-order valence-electron chi connectivity index (χ3n) is 8.19. The summed E-state index contributed by atoms with van der Waals surface area (Å²) in [5.41, 5.74) is 2.72. The van der Waals surface area contributed by atoms with Crippen molar-refractivity contribution in [2.75, 3.05) is 42.0 Å². The molecular formula is C35H34BrN3O6S2. The summed E-state index contributed by atoms with van der Waals surface area (Å²) in [5.74, 6) is -0.605. The summed E-state index contributed by atoms with van der Waals surface area (Å²) >= 11 is 4.90. The first kappa shape index (κ1) is 32.8. The molecule has 1 amide bonds. The molecule has 47 heavy (non-hydrogen) atoms. The van der Waals surface area contributed by atoms with Crippen LogP contribution in [0.5, 0.6) is 0 Å². The lowest BCUT2D eigenvalue weighted by molar-refractivity contribution is 0.0492. The van der Waals surface area contributed by atoms with Crippen molar-refractivity contribution < 1.29 is 27.2 Å². The molecule has 3 heterocycles. The van der Waals surface area contributed by atoms with Gasteiger partial charge in [-0.3, -0.25) is 9.10 Å². The number of para-hydroxylation sites is 2. The van der Waals surface area contributed by atoms with Crippen LogP contribution >= 0.6 is 27.3 Å². The summed E-state index contributed by atoms with van der Waals surface area (Å²) in [5, 5.41) is 2.38. The molecule has 0 bridgehead atoms. The van der Waals surface area contributed by atoms with Crippen molar-refractivity contribution in [2.45, 2.75) is 31.2 Å². The van der Waals surface area contributed by atoms with Gasteiger partial charge in [0.25, 0.3) is 15.9 Å². The van der Waals surface area contributed by atoms with E-state index in [0.29, 0.717) is 47.6 Å². The average Bonchev–Trinajstić information content (AvgIpc) is 3.71. The van der Waals surface area contributed by atoms with Gasteiger partial charge in [0.2, 0.25) is 5.76 Å². The Hall–Kier alpha value is -4.13. The minimum absolute atomic E-state index is 0.0138. The van der Waals surface area contributed by atoms with Crippen molar-refractivity contribution in [1.82, 2.24) is 4.90 Å². The van der Waals surface area contributed by atoms with Crippen LogP contribution in [0.25, 0.3) is 11.0 Å². The van der Waals surface area contributed by atoms with E-state index in [2.05, 4.69) is 20.8 Å². The van der Waals surface area contributed by atoms with E-state index >= 15 is 0 Å². The molecule has 0 saturated carbocycles. The van der Waals surface area contributed by atoms with Crippen LogP contribution in [0.4, 0.5) is 11.4 Å². The third kappa shape index (κ3) is 6.81. The van der Waals surface area contributed by atoms with Crippen molar-refractivity contribution in [3.8, 4) is 0 Å². The molecule has 2 aromatic heterocycles. The van der Waals surface area contributed by atoms with Gasteiger partial charge in [0.15, 0.2) is 0 Å². The normalized spacial score (nSPS) is 15.2. The molecule has 12 heteroatoms. The van der Waals surface area contributed by atoms with Crippen molar-refractivity contribution in [2.24, 2.45) is 0 Å². The Balaban J connectivity index is 1.34. The zero-order chi connectivity index (χ0) is 33.1. The number of carbonyl (C=O) groups excluding carboxylic acids is 2. The minimum Gasteiger partial charge on any atom is -0.460 e. The van der Waals surface area contributed by atoms with E-state index < -0.39 is 16.0 Å². The van der Waals surface area contributed by atoms with Gasteiger partial charge in [-0.2, -0.15) is 0 Å². The number of anilines is 2. The number of thiophene rings is 1. The highest BCUT2D eigenvalue weighted by molar-refractivity contribution is 9.10. The summed E-state index contributed by atoms with van der Waals surface area (Å²) in [6.07, 6.45) is 0.490. The number of halogens is 1. The largest absolute Gasteiger partial charge is 0.460 e. The molecule has 1 atom stereocenters. The van der Waals surface area contributed by atoms with E-state index in [1.807, 2.05) is 77.9 Å². The number of benzene rings is 3. The second-order valence-corrected chi connectivity index (χ2v) is 14.9. The van der Waals surface area contributed by atoms with Gasteiger partial charge in [-0.05, 0) is 89.6 Å². The van der Waals surface area contributed by atoms with E-state index in [4.69, 9.17) is 9.15 Å². The number of carbonyl (C=O) groups is 2. The molecule has 1 aliphatic rings. The van der Waals surface area contributed by atoms with Gasteiger partial charge in [0, 0.05) is 42.1 Å². The van der Waals surface area contributed by atoms with E-state index in [1.165, 1.54) is 33.8 Å². The molecule has 244 valence electrons. The van der Waals surface area contributed by atoms with E-state index in [9.17, 15) is 18.0 Å². The second-order valence-electron chi connectivity index (χ2n) is 11.2. The van der Waals surface area contributed by atoms with Crippen LogP contribution in [-0.2, 0) is 21.2 Å². The van der Waals surface area contributed by atoms with Crippen LogP contribution in [0.1, 0.15) is 39.6 Å². The number of ether oxygens (including phenoxy) is 1. The van der Waals surface area contributed by atoms with Crippen LogP contribution in [-0.4, -0.2) is 64.0 Å². The van der Waals surface area contributed by atoms with Gasteiger partial charge in [-0.15, -0.1) is 11.3 Å². The lowest BCUT2D eigenvalue weighted by atomic mass is 10.1. The lowest BCUT2D eigenvalue weighted by Gasteiger charge is -2.42. The molecule has 1 unspecified atom stereocenters. The fourth-order valence-corrected chi connectivity index (χ4v) is 8.87. The number of amides is 1. The first-order valence-electron chi connectivity index (χ1n) is 15.3. The predicted octanol–water partition coefficient (Wildman–Crippen LogP) is 7.22. The van der Waals surface area contributed by atoms with Crippen molar-refractivity contribution in [1.29, 1.82) is 0 Å². The van der Waals surface area contributed by atoms with Crippen LogP contribution in [0.2, 0.25) is 0 Å². The van der Waals surface area contributed by atoms with Crippen molar-refractivity contribution in [3.63, 3.8) is 0 Å². The van der Waals surface area contributed by atoms with Crippen molar-refractivity contribution in [3.05, 3.63) is 111 Å². The Labute approximate surface area is 286 Å². The molecular weight excluding hydrogens is 702 g/mol. The quantitative estimate of drug-likeness (QED) is 0.140. The maximum absolute atomic E-state index is 14.6. The predicted molar refractivity (Wildman–Crippen MR) is 188 cm³/mol. The first-order chi connectivity index (χ1) is 22.7. The van der Waals surface area contributed by atoms with E-state index in [0.717, 1.165) is 15.7 Å². The molecule has 3 aromatic carbocycles. The van der Waals surface area contributed by atoms with Gasteiger partial charge >= 0.3 is 5.97 Å². The number of furan rings is 1. The molecule has 6 rings (SSSR count). The topological polar surface area (TPSA) is 100 Å². The molecule has 0 spiro atoms. The molecule has 9 nitrogen and oxygen atoms in total. The van der Waals surface area contributed by atoms with Crippen molar-refractivity contribution >= 4 is 71.5 Å². The highest BCUT2D eigenvalue weighted by Crippen LogP contribution is 2.36. The maximum Gasteiger partial charge on any atom is 0.374 e. The number of sulfonamides is 1. The van der Waals surface area contributed by atoms with Gasteiger partial charge in [-0.25, -0.2) is 13.2 Å². The monoisotopic (exact) mass is 735 g/mol. The minimum atomic E-state index is -4.09. The summed E-state index contributed by atoms with van der Waals surface area (Å²) in [6, 6.07) is 25.2. The molecule has 1 aliphatic heterocycles. The summed E-state index contributed by atoms with van der Waals surface area (Å²) in [6.45, 7) is 5.69. The standard InChI is InChI=1S/C35H34BrN3O6S2/c1-3-44-35(41)32-22-26-21-27(13-14-31(26)45-32)47(42,43)39(17-15-25-9-5-4-6-10-25)30-12-8-7-11-29(30)37-18-19-38(24(2)23-37)34(40)33-28(36)16-20-46-33/h4-14,16,20-22,24H,3,15,17-19,23H2,1-2H3. The molecule has 0 N–H and O–H groups in total. The molecule has 5 aromatic rings. The number of nitrogens with zero attached hydrogens (tertiary/aromatic N) is 3. The van der Waals surface area contributed by atoms with E-state index in [1.54, 1.807) is 13.0 Å². The van der Waals surface area contributed by atoms with E-state index in [-0.39, 0.29) is 35.8 Å². The zero-order valence-electron chi connectivity index (χ0n) is 26.0. The molecule has 1 saturated heterocycles. The number of fused-ring (bicyclic) bond motifs is 1. The summed E-state index contributed by atoms with van der Waals surface area (Å²) < 4.78 is 42.1. The molecule has 0 aliphatic carbocycles. The highest BCUT2D eigenvalue weighted by Gasteiger charge is 2.33. The Kier molecular flexibility index (Phi) is 9.72. The fraction of sp³-hybridized carbons (Fsp3) is 0.257. The average molecular weight is 737 g/mol. The highest BCUT2D eigenvalue weighted by atomic mass is 79.9. The molecule has 0 radical (unpaired) electrons. The zero-order valence-corrected chi connectivity index (χ0v) is 29.2. The number of rotatable bonds is 10. The Morgan fingerprint density at radius 2 is 1.79 bits per heavy atom. The van der Waals surface area contributed by atoms with Gasteiger partial charge in [0.05, 0.1) is 22.9 Å². The van der Waals surface area contributed by atoms with Gasteiger partial charge in [0.1, 0.15) is 10.5 Å². The van der Waals surface area contributed by atoms with Crippen LogP contribution in [0, 0.1) is 0 Å². The van der Waals surface area contributed by atoms with Crippen LogP contribution in [0.15, 0.2) is 104 Å². The van der Waals surface area contributed by atoms with Gasteiger partial charge in [-0.1, -0.05) is 42.5 Å². The lowest BCUT2D eigenvalue weighted by Crippen LogP contribution is -2.54. The van der Waals surface area contributed by atoms with Crippen LogP contribution < -0.4 is 9.21 Å². The molecule has 1 fully saturated rings. The fourth-order valence-electron chi connectivity index (χ4n) is 5.85. The number of hydrogen-bond donors (Lipinski definition) is 0. The third-order valence-corrected chi connectivity index (χ3v) is 11.8. The Morgan fingerprint density at radius 3 is 2.51 bits per heavy atom. The van der Waals surface area contributed by atoms with Gasteiger partial charge < -0.3 is 19.0 Å². The van der Waals surface area contributed by atoms with Crippen LogP contribution in [0.3, 0.4) is 0 Å². The maximum atomic E-state index is 14.6. The number of hydrogen-bond acceptors (Lipinski definition) is 8. The smallest absolute Gasteiger partial charge is 0.374 e.